The third kappa shape index (κ3) is 4.10. The zero-order valence-corrected chi connectivity index (χ0v) is 8.44. The zero-order valence-electron chi connectivity index (χ0n) is 8.44. The van der Waals surface area contributed by atoms with Gasteiger partial charge in [0.05, 0.1) is 0 Å². The molecule has 72 valence electrons. The van der Waals surface area contributed by atoms with Gasteiger partial charge in [-0.05, 0) is 31.8 Å². The van der Waals surface area contributed by atoms with Crippen LogP contribution in [-0.4, -0.2) is 13.1 Å². The maximum absolute atomic E-state index is 3.47. The van der Waals surface area contributed by atoms with E-state index in [2.05, 4.69) is 12.2 Å². The van der Waals surface area contributed by atoms with Gasteiger partial charge in [0.15, 0.2) is 0 Å². The van der Waals surface area contributed by atoms with Gasteiger partial charge in [-0.15, -0.1) is 0 Å². The van der Waals surface area contributed by atoms with E-state index >= 15 is 0 Å². The van der Waals surface area contributed by atoms with Crippen LogP contribution in [0.5, 0.6) is 0 Å². The van der Waals surface area contributed by atoms with E-state index in [1.54, 1.807) is 0 Å². The largest absolute Gasteiger partial charge is 0.317 e. The molecule has 1 aliphatic carbocycles. The molecule has 0 amide bonds. The normalized spacial score (nSPS) is 21.8. The van der Waals surface area contributed by atoms with Crippen LogP contribution in [0.4, 0.5) is 0 Å². The highest BCUT2D eigenvalue weighted by Crippen LogP contribution is 2.21. The van der Waals surface area contributed by atoms with Crippen molar-refractivity contribution in [1.82, 2.24) is 5.32 Å². The van der Waals surface area contributed by atoms with Gasteiger partial charge >= 0.3 is 0 Å². The van der Waals surface area contributed by atoms with Gasteiger partial charge in [0.25, 0.3) is 0 Å². The van der Waals surface area contributed by atoms with Gasteiger partial charge in [-0.1, -0.05) is 39.0 Å². The van der Waals surface area contributed by atoms with Gasteiger partial charge in [-0.3, -0.25) is 0 Å². The highest BCUT2D eigenvalue weighted by molar-refractivity contribution is 4.65. The quantitative estimate of drug-likeness (QED) is 0.685. The standard InChI is InChI=1S/C11H23N/c1-2-12-10-11-8-6-4-3-5-7-9-11/h11-12H,2-10H2,1H3. The van der Waals surface area contributed by atoms with Crippen molar-refractivity contribution in [3.8, 4) is 0 Å². The topological polar surface area (TPSA) is 12.0 Å². The predicted molar refractivity (Wildman–Crippen MR) is 54.4 cm³/mol. The first-order chi connectivity index (χ1) is 5.93. The molecule has 0 aromatic rings. The second-order valence-electron chi connectivity index (χ2n) is 4.02. The molecule has 12 heavy (non-hydrogen) atoms. The molecule has 0 radical (unpaired) electrons. The summed E-state index contributed by atoms with van der Waals surface area (Å²) in [5, 5.41) is 3.47. The number of rotatable bonds is 3. The monoisotopic (exact) mass is 169 g/mol. The Kier molecular flexibility index (Phi) is 5.42. The molecule has 0 heterocycles. The lowest BCUT2D eigenvalue weighted by atomic mass is 9.91. The fourth-order valence-electron chi connectivity index (χ4n) is 2.09. The van der Waals surface area contributed by atoms with Gasteiger partial charge < -0.3 is 5.32 Å². The molecule has 0 bridgehead atoms. The van der Waals surface area contributed by atoms with Crippen LogP contribution in [0, 0.1) is 5.92 Å². The molecule has 1 aliphatic rings. The van der Waals surface area contributed by atoms with Gasteiger partial charge in [-0.2, -0.15) is 0 Å². The molecule has 1 rings (SSSR count). The van der Waals surface area contributed by atoms with E-state index in [9.17, 15) is 0 Å². The van der Waals surface area contributed by atoms with Crippen LogP contribution >= 0.6 is 0 Å². The van der Waals surface area contributed by atoms with Gasteiger partial charge in [0, 0.05) is 0 Å². The number of hydrogen-bond donors (Lipinski definition) is 1. The van der Waals surface area contributed by atoms with Crippen LogP contribution in [-0.2, 0) is 0 Å². The minimum atomic E-state index is 0.977. The van der Waals surface area contributed by atoms with Crippen molar-refractivity contribution in [1.29, 1.82) is 0 Å². The lowest BCUT2D eigenvalue weighted by Gasteiger charge is -2.19. The molecule has 0 aromatic carbocycles. The summed E-state index contributed by atoms with van der Waals surface area (Å²) in [5.74, 6) is 0.977. The third-order valence-corrected chi connectivity index (χ3v) is 2.91. The molecule has 0 unspecified atom stereocenters. The van der Waals surface area contributed by atoms with Crippen molar-refractivity contribution >= 4 is 0 Å². The van der Waals surface area contributed by atoms with Crippen LogP contribution in [0.1, 0.15) is 51.9 Å². The van der Waals surface area contributed by atoms with E-state index in [1.807, 2.05) is 0 Å². The van der Waals surface area contributed by atoms with Crippen LogP contribution in [0.2, 0.25) is 0 Å². The Morgan fingerprint density at radius 2 is 1.58 bits per heavy atom. The average Bonchev–Trinajstić information content (AvgIpc) is 2.02. The Hall–Kier alpha value is -0.0400. The second-order valence-corrected chi connectivity index (χ2v) is 4.02. The molecule has 0 aliphatic heterocycles. The van der Waals surface area contributed by atoms with Crippen molar-refractivity contribution < 1.29 is 0 Å². The summed E-state index contributed by atoms with van der Waals surface area (Å²) < 4.78 is 0. The van der Waals surface area contributed by atoms with Crippen molar-refractivity contribution in [2.75, 3.05) is 13.1 Å². The van der Waals surface area contributed by atoms with E-state index in [0.717, 1.165) is 12.5 Å². The maximum atomic E-state index is 3.47. The minimum absolute atomic E-state index is 0.977. The lowest BCUT2D eigenvalue weighted by Crippen LogP contribution is -2.23. The Balaban J connectivity index is 2.11. The molecular formula is C11H23N. The van der Waals surface area contributed by atoms with Gasteiger partial charge in [0.1, 0.15) is 0 Å². The van der Waals surface area contributed by atoms with E-state index in [1.165, 1.54) is 51.5 Å². The molecule has 0 atom stereocenters. The van der Waals surface area contributed by atoms with Crippen LogP contribution < -0.4 is 5.32 Å². The second kappa shape index (κ2) is 6.47. The average molecular weight is 169 g/mol. The highest BCUT2D eigenvalue weighted by Gasteiger charge is 2.09. The van der Waals surface area contributed by atoms with Crippen molar-refractivity contribution in [2.45, 2.75) is 51.9 Å². The van der Waals surface area contributed by atoms with Crippen molar-refractivity contribution in [2.24, 2.45) is 5.92 Å². The molecular weight excluding hydrogens is 146 g/mol. The fraction of sp³-hybridized carbons (Fsp3) is 1.00. The fourth-order valence-corrected chi connectivity index (χ4v) is 2.09. The van der Waals surface area contributed by atoms with E-state index in [4.69, 9.17) is 0 Å². The van der Waals surface area contributed by atoms with Crippen LogP contribution in [0.3, 0.4) is 0 Å². The van der Waals surface area contributed by atoms with Gasteiger partial charge in [-0.25, -0.2) is 0 Å². The maximum Gasteiger partial charge on any atom is -0.00206 e. The summed E-state index contributed by atoms with van der Waals surface area (Å²) in [5.41, 5.74) is 0. The lowest BCUT2D eigenvalue weighted by molar-refractivity contribution is 0.364. The summed E-state index contributed by atoms with van der Waals surface area (Å²) in [6, 6.07) is 0. The summed E-state index contributed by atoms with van der Waals surface area (Å²) >= 11 is 0. The molecule has 1 fully saturated rings. The number of nitrogens with one attached hydrogen (secondary N) is 1. The predicted octanol–water partition coefficient (Wildman–Crippen LogP) is 2.96. The summed E-state index contributed by atoms with van der Waals surface area (Å²) in [7, 11) is 0. The first-order valence-corrected chi connectivity index (χ1v) is 5.64. The Labute approximate surface area is 76.9 Å². The first-order valence-electron chi connectivity index (χ1n) is 5.64. The summed E-state index contributed by atoms with van der Waals surface area (Å²) in [6.45, 7) is 4.59. The van der Waals surface area contributed by atoms with E-state index in [0.29, 0.717) is 0 Å². The summed E-state index contributed by atoms with van der Waals surface area (Å²) in [4.78, 5) is 0. The minimum Gasteiger partial charge on any atom is -0.317 e. The number of hydrogen-bond acceptors (Lipinski definition) is 1. The smallest absolute Gasteiger partial charge is 0.00206 e. The molecule has 1 nitrogen and oxygen atoms in total. The highest BCUT2D eigenvalue weighted by atomic mass is 14.8. The Morgan fingerprint density at radius 3 is 2.17 bits per heavy atom. The van der Waals surface area contributed by atoms with Gasteiger partial charge in [0.2, 0.25) is 0 Å². The van der Waals surface area contributed by atoms with E-state index in [-0.39, 0.29) is 0 Å². The molecule has 0 aromatic heterocycles. The molecule has 1 heteroatoms. The molecule has 0 saturated heterocycles. The third-order valence-electron chi connectivity index (χ3n) is 2.91. The molecule has 0 spiro atoms. The van der Waals surface area contributed by atoms with Crippen molar-refractivity contribution in [3.05, 3.63) is 0 Å². The Morgan fingerprint density at radius 1 is 1.00 bits per heavy atom. The Bertz CT molecular complexity index is 90.4. The SMILES string of the molecule is CCNCC1CCCCCCC1. The van der Waals surface area contributed by atoms with E-state index < -0.39 is 0 Å². The molecule has 1 N–H and O–H groups in total. The summed E-state index contributed by atoms with van der Waals surface area (Å²) in [6.07, 6.45) is 10.3. The van der Waals surface area contributed by atoms with Crippen LogP contribution in [0.25, 0.3) is 0 Å². The molecule has 1 saturated carbocycles. The zero-order chi connectivity index (χ0) is 8.65. The van der Waals surface area contributed by atoms with Crippen molar-refractivity contribution in [3.63, 3.8) is 0 Å². The first kappa shape index (κ1) is 10.0. The van der Waals surface area contributed by atoms with Crippen LogP contribution in [0.15, 0.2) is 0 Å².